The number of hydrogen-bond acceptors (Lipinski definition) is 6. The lowest BCUT2D eigenvalue weighted by molar-refractivity contribution is 0.0492. The molecule has 0 saturated heterocycles. The first-order valence-electron chi connectivity index (χ1n) is 8.06. The van der Waals surface area contributed by atoms with Gasteiger partial charge in [0.1, 0.15) is 5.58 Å². The average molecular weight is 339 g/mol. The number of anilines is 1. The lowest BCUT2D eigenvalue weighted by Crippen LogP contribution is -2.02. The van der Waals surface area contributed by atoms with Crippen LogP contribution < -0.4 is 14.8 Å². The third-order valence-corrected chi connectivity index (χ3v) is 3.93. The Hall–Kier alpha value is -3.15. The molecule has 2 heterocycles. The van der Waals surface area contributed by atoms with Gasteiger partial charge in [0.25, 0.3) is 0 Å². The van der Waals surface area contributed by atoms with Crippen molar-refractivity contribution < 1.29 is 23.4 Å². The molecule has 0 saturated carbocycles. The number of carbonyl (C=O) groups excluding carboxylic acids is 1. The molecule has 1 aliphatic heterocycles. The number of ether oxygens (including phenoxy) is 3. The van der Waals surface area contributed by atoms with Gasteiger partial charge in [0.05, 0.1) is 6.61 Å². The normalized spacial score (nSPS) is 12.4. The summed E-state index contributed by atoms with van der Waals surface area (Å²) in [4.78, 5) is 11.7. The van der Waals surface area contributed by atoms with Gasteiger partial charge in [0, 0.05) is 17.6 Å². The predicted molar refractivity (Wildman–Crippen MR) is 92.1 cm³/mol. The van der Waals surface area contributed by atoms with Gasteiger partial charge >= 0.3 is 5.97 Å². The van der Waals surface area contributed by atoms with Crippen LogP contribution in [0.4, 0.5) is 5.69 Å². The quantitative estimate of drug-likeness (QED) is 0.710. The molecule has 0 amide bonds. The van der Waals surface area contributed by atoms with Crippen LogP contribution in [0, 0.1) is 0 Å². The summed E-state index contributed by atoms with van der Waals surface area (Å²) >= 11 is 0. The summed E-state index contributed by atoms with van der Waals surface area (Å²) in [7, 11) is 0. The van der Waals surface area contributed by atoms with Crippen molar-refractivity contribution in [2.75, 3.05) is 18.7 Å². The number of hydrogen-bond donors (Lipinski definition) is 1. The number of carbonyl (C=O) groups is 1. The van der Waals surface area contributed by atoms with Gasteiger partial charge in [-0.3, -0.25) is 0 Å². The summed E-state index contributed by atoms with van der Waals surface area (Å²) in [6, 6.07) is 13.2. The van der Waals surface area contributed by atoms with Gasteiger partial charge in [0.2, 0.25) is 12.6 Å². The van der Waals surface area contributed by atoms with E-state index in [-0.39, 0.29) is 12.6 Å². The SMILES string of the molecule is CCOC(=O)c1cc2cc(NCc3ccc4c(c3)OCO4)ccc2o1. The van der Waals surface area contributed by atoms with E-state index in [0.29, 0.717) is 18.7 Å². The van der Waals surface area contributed by atoms with E-state index in [9.17, 15) is 4.79 Å². The Bertz CT molecular complexity index is 931. The highest BCUT2D eigenvalue weighted by Gasteiger charge is 2.14. The zero-order valence-corrected chi connectivity index (χ0v) is 13.7. The van der Waals surface area contributed by atoms with Gasteiger partial charge in [-0.15, -0.1) is 0 Å². The molecule has 0 bridgehead atoms. The molecule has 6 heteroatoms. The van der Waals surface area contributed by atoms with E-state index in [4.69, 9.17) is 18.6 Å². The van der Waals surface area contributed by atoms with E-state index >= 15 is 0 Å². The van der Waals surface area contributed by atoms with Crippen molar-refractivity contribution in [3.8, 4) is 11.5 Å². The highest BCUT2D eigenvalue weighted by atomic mass is 16.7. The van der Waals surface area contributed by atoms with Crippen molar-refractivity contribution >= 4 is 22.6 Å². The zero-order chi connectivity index (χ0) is 17.2. The van der Waals surface area contributed by atoms with Crippen LogP contribution >= 0.6 is 0 Å². The summed E-state index contributed by atoms with van der Waals surface area (Å²) in [5.74, 6) is 1.30. The Morgan fingerprint density at radius 3 is 2.88 bits per heavy atom. The molecule has 0 aliphatic carbocycles. The van der Waals surface area contributed by atoms with E-state index in [0.717, 1.165) is 28.1 Å². The molecule has 2 aromatic carbocycles. The fourth-order valence-electron chi connectivity index (χ4n) is 2.71. The first-order chi connectivity index (χ1) is 12.2. The summed E-state index contributed by atoms with van der Waals surface area (Å²) in [5.41, 5.74) is 2.67. The highest BCUT2D eigenvalue weighted by molar-refractivity contribution is 5.93. The van der Waals surface area contributed by atoms with Crippen LogP contribution in [-0.4, -0.2) is 19.4 Å². The van der Waals surface area contributed by atoms with E-state index in [2.05, 4.69) is 5.32 Å². The van der Waals surface area contributed by atoms with E-state index in [1.807, 2.05) is 36.4 Å². The van der Waals surface area contributed by atoms with Crippen molar-refractivity contribution in [2.24, 2.45) is 0 Å². The second-order valence-corrected chi connectivity index (χ2v) is 5.62. The molecular formula is C19H17NO5. The Morgan fingerprint density at radius 2 is 2.00 bits per heavy atom. The number of furan rings is 1. The molecule has 1 aromatic heterocycles. The monoisotopic (exact) mass is 339 g/mol. The number of fused-ring (bicyclic) bond motifs is 2. The number of nitrogens with one attached hydrogen (secondary N) is 1. The fourth-order valence-corrected chi connectivity index (χ4v) is 2.71. The predicted octanol–water partition coefficient (Wildman–Crippen LogP) is 3.95. The van der Waals surface area contributed by atoms with Gasteiger partial charge in [-0.05, 0) is 48.9 Å². The molecule has 0 fully saturated rings. The summed E-state index contributed by atoms with van der Waals surface area (Å²) < 4.78 is 21.2. The van der Waals surface area contributed by atoms with E-state index in [1.165, 1.54) is 0 Å². The van der Waals surface area contributed by atoms with Crippen LogP contribution in [0.25, 0.3) is 11.0 Å². The molecular weight excluding hydrogens is 322 g/mol. The second-order valence-electron chi connectivity index (χ2n) is 5.62. The van der Waals surface area contributed by atoms with Gasteiger partial charge in [-0.1, -0.05) is 6.07 Å². The number of esters is 1. The van der Waals surface area contributed by atoms with Gasteiger partial charge in [0.15, 0.2) is 11.5 Å². The summed E-state index contributed by atoms with van der Waals surface area (Å²) in [5, 5.41) is 4.20. The van der Waals surface area contributed by atoms with Crippen LogP contribution in [0.5, 0.6) is 11.5 Å². The highest BCUT2D eigenvalue weighted by Crippen LogP contribution is 2.32. The zero-order valence-electron chi connectivity index (χ0n) is 13.7. The largest absolute Gasteiger partial charge is 0.460 e. The van der Waals surface area contributed by atoms with Crippen molar-refractivity contribution in [3.63, 3.8) is 0 Å². The molecule has 4 rings (SSSR count). The van der Waals surface area contributed by atoms with Crippen molar-refractivity contribution in [1.29, 1.82) is 0 Å². The minimum absolute atomic E-state index is 0.213. The molecule has 128 valence electrons. The van der Waals surface area contributed by atoms with Crippen molar-refractivity contribution in [3.05, 3.63) is 53.8 Å². The fraction of sp³-hybridized carbons (Fsp3) is 0.211. The maximum Gasteiger partial charge on any atom is 0.374 e. The third kappa shape index (κ3) is 3.10. The number of rotatable bonds is 5. The Labute approximate surface area is 144 Å². The molecule has 0 atom stereocenters. The first-order valence-corrected chi connectivity index (χ1v) is 8.06. The Kier molecular flexibility index (Phi) is 3.93. The minimum Gasteiger partial charge on any atom is -0.460 e. The van der Waals surface area contributed by atoms with Crippen LogP contribution in [0.2, 0.25) is 0 Å². The summed E-state index contributed by atoms with van der Waals surface area (Å²) in [6.45, 7) is 2.99. The van der Waals surface area contributed by atoms with Crippen LogP contribution in [0.1, 0.15) is 23.0 Å². The standard InChI is InChI=1S/C19H17NO5/c1-2-22-19(21)18-9-13-8-14(4-6-15(13)25-18)20-10-12-3-5-16-17(7-12)24-11-23-16/h3-9,20H,2,10-11H2,1H3. The maximum absolute atomic E-state index is 11.7. The Morgan fingerprint density at radius 1 is 1.12 bits per heavy atom. The maximum atomic E-state index is 11.7. The molecule has 3 aromatic rings. The smallest absolute Gasteiger partial charge is 0.374 e. The number of benzene rings is 2. The molecule has 1 N–H and O–H groups in total. The van der Waals surface area contributed by atoms with Gasteiger partial charge < -0.3 is 23.9 Å². The first kappa shape index (κ1) is 15.4. The molecule has 6 nitrogen and oxygen atoms in total. The molecule has 1 aliphatic rings. The molecule has 0 unspecified atom stereocenters. The van der Waals surface area contributed by atoms with E-state index < -0.39 is 5.97 Å². The van der Waals surface area contributed by atoms with Crippen LogP contribution in [-0.2, 0) is 11.3 Å². The molecule has 0 spiro atoms. The minimum atomic E-state index is -0.450. The topological polar surface area (TPSA) is 69.9 Å². The van der Waals surface area contributed by atoms with Crippen molar-refractivity contribution in [2.45, 2.75) is 13.5 Å². The van der Waals surface area contributed by atoms with Gasteiger partial charge in [-0.25, -0.2) is 4.79 Å². The third-order valence-electron chi connectivity index (χ3n) is 3.93. The van der Waals surface area contributed by atoms with Crippen LogP contribution in [0.3, 0.4) is 0 Å². The van der Waals surface area contributed by atoms with Crippen molar-refractivity contribution in [1.82, 2.24) is 0 Å². The molecule has 25 heavy (non-hydrogen) atoms. The average Bonchev–Trinajstić information content (AvgIpc) is 3.25. The second kappa shape index (κ2) is 6.39. The van der Waals surface area contributed by atoms with Crippen LogP contribution in [0.15, 0.2) is 46.9 Å². The Balaban J connectivity index is 1.49. The summed E-state index contributed by atoms with van der Waals surface area (Å²) in [6.07, 6.45) is 0. The lowest BCUT2D eigenvalue weighted by atomic mass is 10.2. The van der Waals surface area contributed by atoms with Gasteiger partial charge in [-0.2, -0.15) is 0 Å². The van der Waals surface area contributed by atoms with E-state index in [1.54, 1.807) is 13.0 Å². The lowest BCUT2D eigenvalue weighted by Gasteiger charge is -2.07. The molecule has 0 radical (unpaired) electrons.